The molecule has 2 N–H and O–H groups in total. The predicted octanol–water partition coefficient (Wildman–Crippen LogP) is 2.42. The van der Waals surface area contributed by atoms with Gasteiger partial charge in [0.15, 0.2) is 0 Å². The number of hydrogen-bond donors (Lipinski definition) is 2. The summed E-state index contributed by atoms with van der Waals surface area (Å²) in [5, 5.41) is 23.1. The Labute approximate surface area is 158 Å². The number of carboxylic acid groups (broad SMARTS) is 1. The molecule has 2 heterocycles. The Morgan fingerprint density at radius 1 is 1.36 bits per heavy atom. The van der Waals surface area contributed by atoms with E-state index in [-0.39, 0.29) is 18.4 Å². The molecular formula is C17H16N8O3. The molecule has 11 nitrogen and oxygen atoms in total. The molecule has 0 saturated carbocycles. The Hall–Kier alpha value is -4.11. The molecule has 0 saturated heterocycles. The van der Waals surface area contributed by atoms with Crippen LogP contribution >= 0.6 is 0 Å². The van der Waals surface area contributed by atoms with Crippen LogP contribution in [-0.4, -0.2) is 37.3 Å². The second-order valence-corrected chi connectivity index (χ2v) is 5.79. The summed E-state index contributed by atoms with van der Waals surface area (Å²) in [7, 11) is 0. The maximum atomic E-state index is 12.2. The number of hydrogen-bond acceptors (Lipinski definition) is 5. The fraction of sp³-hybridized carbons (Fsp3) is 0.176. The van der Waals surface area contributed by atoms with Gasteiger partial charge in [-0.25, -0.2) is 9.48 Å². The van der Waals surface area contributed by atoms with Crippen LogP contribution in [0.2, 0.25) is 0 Å². The number of nitrogens with one attached hydrogen (secondary N) is 1. The molecule has 0 atom stereocenters. The molecular weight excluding hydrogens is 364 g/mol. The van der Waals surface area contributed by atoms with Crippen LogP contribution in [0.1, 0.15) is 11.3 Å². The zero-order valence-corrected chi connectivity index (χ0v) is 14.6. The average Bonchev–Trinajstić information content (AvgIpc) is 3.12. The fourth-order valence-electron chi connectivity index (χ4n) is 2.57. The number of carbonyl (C=O) groups is 1. The van der Waals surface area contributed by atoms with Gasteiger partial charge in [0.1, 0.15) is 11.4 Å². The lowest BCUT2D eigenvalue weighted by molar-refractivity contribution is 0.210. The van der Waals surface area contributed by atoms with Crippen LogP contribution in [-0.2, 0) is 13.0 Å². The third kappa shape index (κ3) is 4.74. The third-order valence-corrected chi connectivity index (χ3v) is 3.81. The summed E-state index contributed by atoms with van der Waals surface area (Å²) in [5.41, 5.74) is 10.2. The molecule has 3 aromatic rings. The van der Waals surface area contributed by atoms with E-state index in [0.717, 1.165) is 5.56 Å². The summed E-state index contributed by atoms with van der Waals surface area (Å²) in [6.07, 6.45) is 3.96. The van der Waals surface area contributed by atoms with Gasteiger partial charge in [0.05, 0.1) is 12.4 Å². The van der Waals surface area contributed by atoms with Gasteiger partial charge in [-0.2, -0.15) is 10.2 Å². The smallest absolute Gasteiger partial charge is 0.409 e. The molecule has 28 heavy (non-hydrogen) atoms. The second kappa shape index (κ2) is 8.52. The number of benzene rings is 1. The first kappa shape index (κ1) is 18.7. The van der Waals surface area contributed by atoms with Gasteiger partial charge in [0.2, 0.25) is 5.43 Å². The number of aromatic nitrogens is 4. The van der Waals surface area contributed by atoms with Crippen molar-refractivity contribution in [2.24, 2.45) is 5.11 Å². The maximum Gasteiger partial charge on any atom is 0.409 e. The minimum absolute atomic E-state index is 0.219. The molecule has 1 aromatic carbocycles. The lowest BCUT2D eigenvalue weighted by Gasteiger charge is -2.07. The lowest BCUT2D eigenvalue weighted by Crippen LogP contribution is -2.16. The first-order valence-corrected chi connectivity index (χ1v) is 8.26. The normalized spacial score (nSPS) is 10.3. The van der Waals surface area contributed by atoms with Gasteiger partial charge in [-0.1, -0.05) is 17.2 Å². The topological polar surface area (TPSA) is 151 Å². The number of azide groups is 1. The maximum absolute atomic E-state index is 12.2. The van der Waals surface area contributed by atoms with Crippen molar-refractivity contribution in [3.8, 4) is 5.69 Å². The number of nitrogens with zero attached hydrogens (tertiary/aromatic N) is 7. The zero-order valence-electron chi connectivity index (χ0n) is 14.6. The van der Waals surface area contributed by atoms with Gasteiger partial charge in [-0.3, -0.25) is 14.8 Å². The number of anilines is 1. The molecule has 3 rings (SSSR count). The van der Waals surface area contributed by atoms with Crippen molar-refractivity contribution in [2.45, 2.75) is 13.0 Å². The minimum atomic E-state index is -1.16. The summed E-state index contributed by atoms with van der Waals surface area (Å²) in [5.74, 6) is 0. The molecule has 0 bridgehead atoms. The van der Waals surface area contributed by atoms with E-state index in [1.807, 2.05) is 0 Å². The summed E-state index contributed by atoms with van der Waals surface area (Å²) in [6, 6.07) is 8.19. The van der Waals surface area contributed by atoms with Crippen molar-refractivity contribution in [1.82, 2.24) is 19.6 Å². The molecule has 1 amide bonds. The van der Waals surface area contributed by atoms with Crippen molar-refractivity contribution in [2.75, 3.05) is 11.9 Å². The fourth-order valence-corrected chi connectivity index (χ4v) is 2.57. The van der Waals surface area contributed by atoms with E-state index >= 15 is 0 Å². The van der Waals surface area contributed by atoms with Crippen LogP contribution < -0.4 is 10.7 Å². The summed E-state index contributed by atoms with van der Waals surface area (Å²) in [6.45, 7) is 0.710. The van der Waals surface area contributed by atoms with E-state index < -0.39 is 6.09 Å². The van der Waals surface area contributed by atoms with Crippen LogP contribution in [0.15, 0.2) is 58.8 Å². The summed E-state index contributed by atoms with van der Waals surface area (Å²) < 4.78 is 3.15. The van der Waals surface area contributed by atoms with Crippen molar-refractivity contribution < 1.29 is 9.90 Å². The summed E-state index contributed by atoms with van der Waals surface area (Å²) >= 11 is 0. The van der Waals surface area contributed by atoms with E-state index in [1.54, 1.807) is 47.5 Å². The zero-order chi connectivity index (χ0) is 19.9. The Morgan fingerprint density at radius 3 is 3.00 bits per heavy atom. The van der Waals surface area contributed by atoms with Gasteiger partial charge in [0.25, 0.3) is 0 Å². The molecule has 0 aliphatic rings. The molecule has 0 aliphatic carbocycles. The monoisotopic (exact) mass is 380 g/mol. The van der Waals surface area contributed by atoms with Crippen LogP contribution in [0, 0.1) is 0 Å². The highest BCUT2D eigenvalue weighted by Gasteiger charge is 2.08. The van der Waals surface area contributed by atoms with Crippen molar-refractivity contribution in [3.05, 3.63) is 80.8 Å². The van der Waals surface area contributed by atoms with E-state index in [1.165, 1.54) is 10.7 Å². The highest BCUT2D eigenvalue weighted by Crippen LogP contribution is 2.13. The van der Waals surface area contributed by atoms with E-state index in [2.05, 4.69) is 25.5 Å². The molecule has 11 heteroatoms. The molecule has 142 valence electrons. The van der Waals surface area contributed by atoms with Gasteiger partial charge in [-0.15, -0.1) is 0 Å². The van der Waals surface area contributed by atoms with E-state index in [0.29, 0.717) is 23.6 Å². The molecule has 2 aromatic heterocycles. The van der Waals surface area contributed by atoms with Crippen molar-refractivity contribution in [3.63, 3.8) is 0 Å². The predicted molar refractivity (Wildman–Crippen MR) is 101 cm³/mol. The highest BCUT2D eigenvalue weighted by atomic mass is 16.4. The van der Waals surface area contributed by atoms with Gasteiger partial charge in [0, 0.05) is 42.4 Å². The first-order valence-electron chi connectivity index (χ1n) is 8.26. The largest absolute Gasteiger partial charge is 0.465 e. The van der Waals surface area contributed by atoms with Crippen LogP contribution in [0.4, 0.5) is 10.5 Å². The molecule has 0 radical (unpaired) electrons. The average molecular weight is 380 g/mol. The van der Waals surface area contributed by atoms with Crippen molar-refractivity contribution >= 4 is 11.8 Å². The minimum Gasteiger partial charge on any atom is -0.465 e. The van der Waals surface area contributed by atoms with E-state index in [9.17, 15) is 9.59 Å². The highest BCUT2D eigenvalue weighted by molar-refractivity contribution is 5.82. The third-order valence-electron chi connectivity index (χ3n) is 3.81. The standard InChI is InChI=1S/C17H16N8O3/c18-23-19-5-7-24-11-14(10-20-24)25-6-4-16(26)15(22-25)9-12-2-1-3-13(8-12)21-17(27)28/h1-4,6,8,10-11,21H,5,7,9H2,(H,27,28). The second-order valence-electron chi connectivity index (χ2n) is 5.79. The molecule has 0 fully saturated rings. The van der Waals surface area contributed by atoms with Gasteiger partial charge >= 0.3 is 6.09 Å². The summed E-state index contributed by atoms with van der Waals surface area (Å²) in [4.78, 5) is 25.7. The van der Waals surface area contributed by atoms with Crippen LogP contribution in [0.5, 0.6) is 0 Å². The number of amides is 1. The van der Waals surface area contributed by atoms with Gasteiger partial charge < -0.3 is 5.11 Å². The van der Waals surface area contributed by atoms with Crippen molar-refractivity contribution in [1.29, 1.82) is 0 Å². The van der Waals surface area contributed by atoms with E-state index in [4.69, 9.17) is 10.6 Å². The molecule has 0 aliphatic heterocycles. The Balaban J connectivity index is 1.81. The van der Waals surface area contributed by atoms with Crippen LogP contribution in [0.25, 0.3) is 16.1 Å². The quantitative estimate of drug-likeness (QED) is 0.366. The first-order chi connectivity index (χ1) is 13.5. The Kier molecular flexibility index (Phi) is 5.68. The SMILES string of the molecule is [N-]=[N+]=NCCn1cc(-n2ccc(=O)c(Cc3cccc(NC(=O)O)c3)n2)cn1. The lowest BCUT2D eigenvalue weighted by atomic mass is 10.1. The van der Waals surface area contributed by atoms with Gasteiger partial charge in [-0.05, 0) is 23.2 Å². The number of rotatable bonds is 7. The van der Waals surface area contributed by atoms with Crippen LogP contribution in [0.3, 0.4) is 0 Å². The molecule has 0 unspecified atom stereocenters. The Morgan fingerprint density at radius 2 is 2.21 bits per heavy atom. The Bertz CT molecular complexity index is 1100. The molecule has 0 spiro atoms.